The van der Waals surface area contributed by atoms with E-state index < -0.39 is 0 Å². The Hall–Kier alpha value is -1.14. The maximum absolute atomic E-state index is 7.30. The number of nitrogens with one attached hydrogen (secondary N) is 1. The van der Waals surface area contributed by atoms with Crippen molar-refractivity contribution in [3.05, 3.63) is 22.3 Å². The second kappa shape index (κ2) is 7.33. The van der Waals surface area contributed by atoms with Crippen LogP contribution in [0.3, 0.4) is 0 Å². The highest BCUT2D eigenvalue weighted by Gasteiger charge is 2.09. The summed E-state index contributed by atoms with van der Waals surface area (Å²) in [6.45, 7) is 4.05. The number of halogens is 1. The van der Waals surface area contributed by atoms with E-state index in [0.29, 0.717) is 19.6 Å². The zero-order valence-corrected chi connectivity index (χ0v) is 12.3. The molecule has 0 unspecified atom stereocenters. The van der Waals surface area contributed by atoms with Gasteiger partial charge in [0.05, 0.1) is 12.4 Å². The highest BCUT2D eigenvalue weighted by atomic mass is 79.9. The highest BCUT2D eigenvalue weighted by molar-refractivity contribution is 9.10. The largest absolute Gasteiger partial charge is 0.388 e. The van der Waals surface area contributed by atoms with E-state index in [1.165, 1.54) is 0 Å². The third kappa shape index (κ3) is 4.62. The van der Waals surface area contributed by atoms with Crippen LogP contribution < -0.4 is 10.6 Å². The lowest BCUT2D eigenvalue weighted by atomic mass is 10.2. The standard InChI is InChI=1S/C12H19BrN4O/c1-9-7-12(16-8-10(9)13)17(5-6-18-2)4-3-11(14)15/h7-8H,3-6H2,1-2H3,(H3,14,15). The molecule has 0 saturated heterocycles. The SMILES string of the molecule is COCCN(CCC(=N)N)c1cc(C)c(Br)cn1. The van der Waals surface area contributed by atoms with Crippen molar-refractivity contribution in [3.63, 3.8) is 0 Å². The molecule has 0 amide bonds. The van der Waals surface area contributed by atoms with Gasteiger partial charge in [-0.2, -0.15) is 0 Å². The van der Waals surface area contributed by atoms with E-state index in [0.717, 1.165) is 22.4 Å². The molecule has 0 saturated carbocycles. The molecular weight excluding hydrogens is 296 g/mol. The maximum Gasteiger partial charge on any atom is 0.128 e. The molecule has 0 aliphatic heterocycles. The molecule has 6 heteroatoms. The van der Waals surface area contributed by atoms with Gasteiger partial charge in [-0.15, -0.1) is 0 Å². The topological polar surface area (TPSA) is 75.2 Å². The number of nitrogens with two attached hydrogens (primary N) is 1. The fraction of sp³-hybridized carbons (Fsp3) is 0.500. The molecule has 1 aromatic rings. The first-order valence-electron chi connectivity index (χ1n) is 5.73. The normalized spacial score (nSPS) is 10.4. The van der Waals surface area contributed by atoms with E-state index in [-0.39, 0.29) is 5.84 Å². The van der Waals surface area contributed by atoms with Gasteiger partial charge in [-0.3, -0.25) is 5.41 Å². The minimum Gasteiger partial charge on any atom is -0.388 e. The minimum absolute atomic E-state index is 0.186. The first kappa shape index (κ1) is 14.9. The Morgan fingerprint density at radius 1 is 1.56 bits per heavy atom. The van der Waals surface area contributed by atoms with Gasteiger partial charge in [-0.05, 0) is 34.5 Å². The Balaban J connectivity index is 2.79. The lowest BCUT2D eigenvalue weighted by molar-refractivity contribution is 0.205. The van der Waals surface area contributed by atoms with Gasteiger partial charge in [0.2, 0.25) is 0 Å². The number of hydrogen-bond acceptors (Lipinski definition) is 4. The Labute approximate surface area is 116 Å². The fourth-order valence-corrected chi connectivity index (χ4v) is 1.71. The summed E-state index contributed by atoms with van der Waals surface area (Å²) in [6, 6.07) is 2.01. The zero-order chi connectivity index (χ0) is 13.5. The van der Waals surface area contributed by atoms with Crippen LogP contribution in [-0.2, 0) is 4.74 Å². The third-order valence-corrected chi connectivity index (χ3v) is 3.40. The van der Waals surface area contributed by atoms with Gasteiger partial charge in [0.25, 0.3) is 0 Å². The van der Waals surface area contributed by atoms with Crippen molar-refractivity contribution in [1.29, 1.82) is 5.41 Å². The van der Waals surface area contributed by atoms with Crippen molar-refractivity contribution in [2.75, 3.05) is 31.7 Å². The fourth-order valence-electron chi connectivity index (χ4n) is 1.50. The molecule has 0 spiro atoms. The number of rotatable bonds is 7. The summed E-state index contributed by atoms with van der Waals surface area (Å²) >= 11 is 3.43. The molecule has 5 nitrogen and oxygen atoms in total. The summed E-state index contributed by atoms with van der Waals surface area (Å²) in [5, 5.41) is 7.30. The van der Waals surface area contributed by atoms with E-state index >= 15 is 0 Å². The number of nitrogens with zero attached hydrogens (tertiary/aromatic N) is 2. The molecule has 18 heavy (non-hydrogen) atoms. The van der Waals surface area contributed by atoms with Crippen LogP contribution in [-0.4, -0.2) is 37.6 Å². The van der Waals surface area contributed by atoms with E-state index in [1.807, 2.05) is 13.0 Å². The van der Waals surface area contributed by atoms with E-state index in [9.17, 15) is 0 Å². The van der Waals surface area contributed by atoms with E-state index in [4.69, 9.17) is 15.9 Å². The summed E-state index contributed by atoms with van der Waals surface area (Å²) < 4.78 is 6.08. The molecule has 0 aliphatic rings. The lowest BCUT2D eigenvalue weighted by Gasteiger charge is -2.23. The average molecular weight is 315 g/mol. The quantitative estimate of drug-likeness (QED) is 0.595. The monoisotopic (exact) mass is 314 g/mol. The number of aryl methyl sites for hydroxylation is 1. The zero-order valence-electron chi connectivity index (χ0n) is 10.7. The third-order valence-electron chi connectivity index (χ3n) is 2.57. The van der Waals surface area contributed by atoms with Gasteiger partial charge >= 0.3 is 0 Å². The highest BCUT2D eigenvalue weighted by Crippen LogP contribution is 2.20. The Morgan fingerprint density at radius 3 is 2.83 bits per heavy atom. The van der Waals surface area contributed by atoms with Gasteiger partial charge in [-0.25, -0.2) is 4.98 Å². The van der Waals surface area contributed by atoms with Gasteiger partial charge in [-0.1, -0.05) is 0 Å². The lowest BCUT2D eigenvalue weighted by Crippen LogP contribution is -2.31. The second-order valence-corrected chi connectivity index (χ2v) is 4.90. The van der Waals surface area contributed by atoms with E-state index in [1.54, 1.807) is 13.3 Å². The minimum atomic E-state index is 0.186. The Kier molecular flexibility index (Phi) is 6.07. The maximum atomic E-state index is 7.30. The van der Waals surface area contributed by atoms with Crippen LogP contribution in [0.4, 0.5) is 5.82 Å². The molecule has 1 aromatic heterocycles. The van der Waals surface area contributed by atoms with Crippen molar-refractivity contribution >= 4 is 27.6 Å². The van der Waals surface area contributed by atoms with Crippen LogP contribution in [0.25, 0.3) is 0 Å². The molecular formula is C12H19BrN4O. The van der Waals surface area contributed by atoms with Gasteiger partial charge in [0.15, 0.2) is 0 Å². The van der Waals surface area contributed by atoms with Crippen LogP contribution in [0, 0.1) is 12.3 Å². The molecule has 100 valence electrons. The number of ether oxygens (including phenoxy) is 1. The smallest absolute Gasteiger partial charge is 0.128 e. The predicted octanol–water partition coefficient (Wildman–Crippen LogP) is 1.93. The summed E-state index contributed by atoms with van der Waals surface area (Å²) in [5.41, 5.74) is 6.53. The van der Waals surface area contributed by atoms with Crippen LogP contribution in [0.1, 0.15) is 12.0 Å². The number of pyridine rings is 1. The molecule has 0 atom stereocenters. The first-order valence-corrected chi connectivity index (χ1v) is 6.53. The van der Waals surface area contributed by atoms with Crippen LogP contribution >= 0.6 is 15.9 Å². The van der Waals surface area contributed by atoms with Crippen molar-refractivity contribution in [2.45, 2.75) is 13.3 Å². The Bertz CT molecular complexity index is 411. The molecule has 0 bridgehead atoms. The summed E-state index contributed by atoms with van der Waals surface area (Å²) in [5.74, 6) is 1.07. The van der Waals surface area contributed by atoms with Crippen molar-refractivity contribution in [1.82, 2.24) is 4.98 Å². The number of methoxy groups -OCH3 is 1. The van der Waals surface area contributed by atoms with Crippen LogP contribution in [0.2, 0.25) is 0 Å². The van der Waals surface area contributed by atoms with Crippen LogP contribution in [0.15, 0.2) is 16.7 Å². The molecule has 1 rings (SSSR count). The van der Waals surface area contributed by atoms with Crippen molar-refractivity contribution in [2.24, 2.45) is 5.73 Å². The van der Waals surface area contributed by atoms with Gasteiger partial charge < -0.3 is 15.4 Å². The van der Waals surface area contributed by atoms with E-state index in [2.05, 4.69) is 25.8 Å². The van der Waals surface area contributed by atoms with Crippen molar-refractivity contribution in [3.8, 4) is 0 Å². The number of amidine groups is 1. The number of hydrogen-bond donors (Lipinski definition) is 2. The molecule has 0 aliphatic carbocycles. The van der Waals surface area contributed by atoms with Crippen LogP contribution in [0.5, 0.6) is 0 Å². The summed E-state index contributed by atoms with van der Waals surface area (Å²) in [6.07, 6.45) is 2.32. The first-order chi connectivity index (χ1) is 8.54. The van der Waals surface area contributed by atoms with Gasteiger partial charge in [0.1, 0.15) is 5.82 Å². The summed E-state index contributed by atoms with van der Waals surface area (Å²) in [4.78, 5) is 6.46. The Morgan fingerprint density at radius 2 is 2.28 bits per heavy atom. The second-order valence-electron chi connectivity index (χ2n) is 4.05. The molecule has 3 N–H and O–H groups in total. The number of anilines is 1. The number of aromatic nitrogens is 1. The summed E-state index contributed by atoms with van der Waals surface area (Å²) in [7, 11) is 1.67. The average Bonchev–Trinajstić information content (AvgIpc) is 2.33. The van der Waals surface area contributed by atoms with Gasteiger partial charge in [0, 0.05) is 37.3 Å². The molecule has 0 aromatic carbocycles. The van der Waals surface area contributed by atoms with Crippen molar-refractivity contribution < 1.29 is 4.74 Å². The molecule has 1 heterocycles. The molecule has 0 radical (unpaired) electrons. The predicted molar refractivity (Wildman–Crippen MR) is 77.3 cm³/mol. The molecule has 0 fully saturated rings.